The molecule has 0 saturated carbocycles. The standard InChI is InChI=1S/C10H13Cl2NO/c1-7(14)6-13(2)9-5-3-4-8(11)10(9)12/h3-5,7,14H,6H2,1-2H3. The normalized spacial score (nSPS) is 12.6. The molecule has 4 heteroatoms. The molecule has 1 rings (SSSR count). The molecule has 1 unspecified atom stereocenters. The molecule has 0 heterocycles. The molecule has 78 valence electrons. The predicted molar refractivity (Wildman–Crippen MR) is 61.4 cm³/mol. The van der Waals surface area contributed by atoms with Crippen LogP contribution in [-0.4, -0.2) is 24.8 Å². The first-order valence-electron chi connectivity index (χ1n) is 4.35. The van der Waals surface area contributed by atoms with Crippen molar-refractivity contribution in [1.82, 2.24) is 0 Å². The van der Waals surface area contributed by atoms with Crippen molar-refractivity contribution in [2.75, 3.05) is 18.5 Å². The maximum atomic E-state index is 9.23. The number of aliphatic hydroxyl groups excluding tert-OH is 1. The van der Waals surface area contributed by atoms with E-state index in [1.165, 1.54) is 0 Å². The van der Waals surface area contributed by atoms with Crippen LogP contribution in [0.5, 0.6) is 0 Å². The number of hydrogen-bond acceptors (Lipinski definition) is 2. The van der Waals surface area contributed by atoms with Crippen LogP contribution in [0.3, 0.4) is 0 Å². The maximum Gasteiger partial charge on any atom is 0.0825 e. The maximum absolute atomic E-state index is 9.23. The molecule has 0 aliphatic carbocycles. The number of hydrogen-bond donors (Lipinski definition) is 1. The van der Waals surface area contributed by atoms with Crippen LogP contribution in [0.25, 0.3) is 0 Å². The Labute approximate surface area is 94.1 Å². The molecule has 1 N–H and O–H groups in total. The molecule has 0 saturated heterocycles. The molecule has 0 aliphatic heterocycles. The summed E-state index contributed by atoms with van der Waals surface area (Å²) in [4.78, 5) is 1.87. The minimum atomic E-state index is -0.393. The van der Waals surface area contributed by atoms with Crippen LogP contribution in [0.15, 0.2) is 18.2 Å². The fraction of sp³-hybridized carbons (Fsp3) is 0.400. The van der Waals surface area contributed by atoms with Gasteiger partial charge in [0.15, 0.2) is 0 Å². The third kappa shape index (κ3) is 2.77. The highest BCUT2D eigenvalue weighted by Crippen LogP contribution is 2.31. The second-order valence-corrected chi connectivity index (χ2v) is 4.09. The highest BCUT2D eigenvalue weighted by molar-refractivity contribution is 6.43. The van der Waals surface area contributed by atoms with E-state index in [1.807, 2.05) is 24.1 Å². The predicted octanol–water partition coefficient (Wildman–Crippen LogP) is 2.81. The molecule has 0 spiro atoms. The van der Waals surface area contributed by atoms with Gasteiger partial charge in [-0.2, -0.15) is 0 Å². The van der Waals surface area contributed by atoms with Crippen molar-refractivity contribution in [1.29, 1.82) is 0 Å². The summed E-state index contributed by atoms with van der Waals surface area (Å²) in [5.41, 5.74) is 0.833. The smallest absolute Gasteiger partial charge is 0.0825 e. The Morgan fingerprint density at radius 2 is 2.07 bits per heavy atom. The zero-order chi connectivity index (χ0) is 10.7. The van der Waals surface area contributed by atoms with Crippen LogP contribution >= 0.6 is 23.2 Å². The van der Waals surface area contributed by atoms with Crippen molar-refractivity contribution in [2.24, 2.45) is 0 Å². The number of halogens is 2. The van der Waals surface area contributed by atoms with Gasteiger partial charge in [0.2, 0.25) is 0 Å². The first-order chi connectivity index (χ1) is 6.52. The summed E-state index contributed by atoms with van der Waals surface area (Å²) in [6.07, 6.45) is -0.393. The molecule has 0 fully saturated rings. The van der Waals surface area contributed by atoms with Crippen molar-refractivity contribution in [3.05, 3.63) is 28.2 Å². The molecule has 0 aliphatic rings. The number of likely N-dealkylation sites (N-methyl/N-ethyl adjacent to an activating group) is 1. The Kier molecular flexibility index (Phi) is 4.05. The van der Waals surface area contributed by atoms with Crippen molar-refractivity contribution >= 4 is 28.9 Å². The van der Waals surface area contributed by atoms with Gasteiger partial charge in [-0.15, -0.1) is 0 Å². The summed E-state index contributed by atoms with van der Waals surface area (Å²) in [5, 5.41) is 10.3. The lowest BCUT2D eigenvalue weighted by molar-refractivity contribution is 0.201. The molecule has 1 aromatic carbocycles. The monoisotopic (exact) mass is 233 g/mol. The quantitative estimate of drug-likeness (QED) is 0.869. The van der Waals surface area contributed by atoms with Gasteiger partial charge < -0.3 is 10.0 Å². The van der Waals surface area contributed by atoms with E-state index in [2.05, 4.69) is 0 Å². The lowest BCUT2D eigenvalue weighted by Gasteiger charge is -2.22. The molecule has 1 aromatic rings. The van der Waals surface area contributed by atoms with Gasteiger partial charge in [-0.3, -0.25) is 0 Å². The van der Waals surface area contributed by atoms with Crippen LogP contribution in [0, 0.1) is 0 Å². The Morgan fingerprint density at radius 1 is 1.43 bits per heavy atom. The molecule has 0 bridgehead atoms. The van der Waals surface area contributed by atoms with Gasteiger partial charge >= 0.3 is 0 Å². The summed E-state index contributed by atoms with van der Waals surface area (Å²) in [6, 6.07) is 5.45. The minimum Gasteiger partial charge on any atom is -0.392 e. The Hall–Kier alpha value is -0.440. The van der Waals surface area contributed by atoms with Crippen molar-refractivity contribution in [3.63, 3.8) is 0 Å². The first kappa shape index (κ1) is 11.6. The largest absolute Gasteiger partial charge is 0.392 e. The van der Waals surface area contributed by atoms with E-state index in [4.69, 9.17) is 23.2 Å². The summed E-state index contributed by atoms with van der Waals surface area (Å²) >= 11 is 11.9. The van der Waals surface area contributed by atoms with E-state index in [-0.39, 0.29) is 0 Å². The van der Waals surface area contributed by atoms with Gasteiger partial charge in [0, 0.05) is 13.6 Å². The fourth-order valence-corrected chi connectivity index (χ4v) is 1.72. The van der Waals surface area contributed by atoms with Gasteiger partial charge in [0.25, 0.3) is 0 Å². The number of nitrogens with zero attached hydrogens (tertiary/aromatic N) is 1. The fourth-order valence-electron chi connectivity index (χ4n) is 1.28. The molecule has 2 nitrogen and oxygen atoms in total. The van der Waals surface area contributed by atoms with E-state index in [0.29, 0.717) is 16.6 Å². The molecule has 0 aromatic heterocycles. The lowest BCUT2D eigenvalue weighted by Crippen LogP contribution is -2.27. The van der Waals surface area contributed by atoms with Crippen LogP contribution in [0.4, 0.5) is 5.69 Å². The lowest BCUT2D eigenvalue weighted by atomic mass is 10.2. The number of rotatable bonds is 3. The number of anilines is 1. The van der Waals surface area contributed by atoms with Gasteiger partial charge in [0.05, 0.1) is 21.8 Å². The van der Waals surface area contributed by atoms with Crippen LogP contribution in [0.2, 0.25) is 10.0 Å². The van der Waals surface area contributed by atoms with Gasteiger partial charge in [-0.05, 0) is 19.1 Å². The van der Waals surface area contributed by atoms with E-state index >= 15 is 0 Å². The summed E-state index contributed by atoms with van der Waals surface area (Å²) in [7, 11) is 1.87. The summed E-state index contributed by atoms with van der Waals surface area (Å²) in [5.74, 6) is 0. The highest BCUT2D eigenvalue weighted by atomic mass is 35.5. The Morgan fingerprint density at radius 3 is 2.64 bits per heavy atom. The topological polar surface area (TPSA) is 23.5 Å². The average Bonchev–Trinajstić information content (AvgIpc) is 2.08. The van der Waals surface area contributed by atoms with Crippen molar-refractivity contribution < 1.29 is 5.11 Å². The molecular formula is C10H13Cl2NO. The molecule has 0 amide bonds. The molecule has 0 radical (unpaired) electrons. The number of aliphatic hydroxyl groups is 1. The average molecular weight is 234 g/mol. The van der Waals surface area contributed by atoms with Crippen LogP contribution < -0.4 is 4.90 Å². The van der Waals surface area contributed by atoms with E-state index < -0.39 is 6.10 Å². The minimum absolute atomic E-state index is 0.393. The third-order valence-corrected chi connectivity index (χ3v) is 2.69. The molecule has 14 heavy (non-hydrogen) atoms. The Bertz CT molecular complexity index is 315. The Balaban J connectivity index is 2.89. The SMILES string of the molecule is CC(O)CN(C)c1cccc(Cl)c1Cl. The molecule has 1 atom stereocenters. The van der Waals surface area contributed by atoms with Gasteiger partial charge in [0.1, 0.15) is 0 Å². The van der Waals surface area contributed by atoms with E-state index in [0.717, 1.165) is 5.69 Å². The van der Waals surface area contributed by atoms with Crippen molar-refractivity contribution in [2.45, 2.75) is 13.0 Å². The second-order valence-electron chi connectivity index (χ2n) is 3.30. The van der Waals surface area contributed by atoms with Gasteiger partial charge in [-0.1, -0.05) is 29.3 Å². The summed E-state index contributed by atoms with van der Waals surface area (Å²) in [6.45, 7) is 2.26. The zero-order valence-corrected chi connectivity index (χ0v) is 9.68. The van der Waals surface area contributed by atoms with E-state index in [1.54, 1.807) is 13.0 Å². The summed E-state index contributed by atoms with van der Waals surface area (Å²) < 4.78 is 0. The van der Waals surface area contributed by atoms with Gasteiger partial charge in [-0.25, -0.2) is 0 Å². The highest BCUT2D eigenvalue weighted by Gasteiger charge is 2.10. The zero-order valence-electron chi connectivity index (χ0n) is 8.17. The van der Waals surface area contributed by atoms with E-state index in [9.17, 15) is 5.11 Å². The van der Waals surface area contributed by atoms with Crippen LogP contribution in [-0.2, 0) is 0 Å². The second kappa shape index (κ2) is 4.87. The number of benzene rings is 1. The van der Waals surface area contributed by atoms with Crippen LogP contribution in [0.1, 0.15) is 6.92 Å². The third-order valence-electron chi connectivity index (χ3n) is 1.88. The molecular weight excluding hydrogens is 221 g/mol. The first-order valence-corrected chi connectivity index (χ1v) is 5.11. The van der Waals surface area contributed by atoms with Crippen molar-refractivity contribution in [3.8, 4) is 0 Å².